The zero-order valence-electron chi connectivity index (χ0n) is 16.7. The molecule has 3 radical (unpaired) electrons. The van der Waals surface area contributed by atoms with E-state index in [1.54, 1.807) is 24.9 Å². The molecular weight excluding hydrogens is 308 g/mol. The number of hydrogen-bond acceptors (Lipinski definition) is 0. The van der Waals surface area contributed by atoms with Gasteiger partial charge in [-0.2, -0.15) is 0 Å². The molecule has 0 spiro atoms. The normalized spacial score (nSPS) is 11.5. The standard InChI is InChI=1S/C21H45Si2/c1-4-6-8-10-12-14-16-18-20-23(22-3)21-19-17-15-13-11-9-7-5-2/h4-21H2,1-3H3. The van der Waals surface area contributed by atoms with Gasteiger partial charge < -0.3 is 0 Å². The Morgan fingerprint density at radius 3 is 1.09 bits per heavy atom. The van der Waals surface area contributed by atoms with Crippen LogP contribution in [0.5, 0.6) is 0 Å². The van der Waals surface area contributed by atoms with Crippen molar-refractivity contribution in [3.8, 4) is 0 Å². The van der Waals surface area contributed by atoms with Gasteiger partial charge in [-0.25, -0.2) is 0 Å². The third-order valence-corrected chi connectivity index (χ3v) is 11.3. The predicted octanol–water partition coefficient (Wildman–Crippen LogP) is 8.01. The summed E-state index contributed by atoms with van der Waals surface area (Å²) in [6, 6.07) is 3.23. The molecule has 137 valence electrons. The highest BCUT2D eigenvalue weighted by Gasteiger charge is 2.08. The topological polar surface area (TPSA) is 0 Å². The summed E-state index contributed by atoms with van der Waals surface area (Å²) in [5.41, 5.74) is 0. The van der Waals surface area contributed by atoms with Gasteiger partial charge in [0.1, 0.15) is 0 Å². The van der Waals surface area contributed by atoms with Crippen molar-refractivity contribution in [2.24, 2.45) is 0 Å². The summed E-state index contributed by atoms with van der Waals surface area (Å²) in [5, 5.41) is 0. The zero-order valence-corrected chi connectivity index (χ0v) is 18.7. The van der Waals surface area contributed by atoms with Crippen LogP contribution in [0.2, 0.25) is 18.6 Å². The highest BCUT2D eigenvalue weighted by Crippen LogP contribution is 2.15. The van der Waals surface area contributed by atoms with Gasteiger partial charge in [0, 0.05) is 17.4 Å². The van der Waals surface area contributed by atoms with E-state index in [0.717, 1.165) is 0 Å². The Labute approximate surface area is 152 Å². The molecule has 0 aromatic heterocycles. The molecule has 0 N–H and O–H groups in total. The van der Waals surface area contributed by atoms with E-state index in [1.165, 1.54) is 98.9 Å². The first-order valence-electron chi connectivity index (χ1n) is 10.9. The van der Waals surface area contributed by atoms with E-state index >= 15 is 0 Å². The average Bonchev–Trinajstić information content (AvgIpc) is 2.57. The van der Waals surface area contributed by atoms with Crippen LogP contribution in [0.3, 0.4) is 0 Å². The molecule has 0 saturated heterocycles. The van der Waals surface area contributed by atoms with Crippen LogP contribution in [0, 0.1) is 0 Å². The lowest BCUT2D eigenvalue weighted by molar-refractivity contribution is 0.581. The second kappa shape index (κ2) is 20.5. The molecule has 0 rings (SSSR count). The summed E-state index contributed by atoms with van der Waals surface area (Å²) >= 11 is 0. The highest BCUT2D eigenvalue weighted by atomic mass is 29.2. The third-order valence-electron chi connectivity index (χ3n) is 5.02. The van der Waals surface area contributed by atoms with Crippen LogP contribution in [0.1, 0.15) is 117 Å². The summed E-state index contributed by atoms with van der Waals surface area (Å²) in [4.78, 5) is 0. The maximum atomic E-state index is 2.48. The number of hydrogen-bond donors (Lipinski definition) is 0. The largest absolute Gasteiger partial charge is 0.0756 e. The predicted molar refractivity (Wildman–Crippen MR) is 112 cm³/mol. The van der Waals surface area contributed by atoms with Crippen molar-refractivity contribution < 1.29 is 0 Å². The summed E-state index contributed by atoms with van der Waals surface area (Å²) in [7, 11) is 1.32. The quantitative estimate of drug-likeness (QED) is 0.163. The van der Waals surface area contributed by atoms with Crippen molar-refractivity contribution in [3.63, 3.8) is 0 Å². The molecule has 0 aliphatic rings. The SMILES string of the molecule is CCCCCCCCCC[Si](CCCCCCCCCC)[Si]C. The average molecular weight is 354 g/mol. The first-order valence-corrected chi connectivity index (χ1v) is 15.3. The highest BCUT2D eigenvalue weighted by molar-refractivity contribution is 7.11. The van der Waals surface area contributed by atoms with E-state index in [0.29, 0.717) is 0 Å². The van der Waals surface area contributed by atoms with Gasteiger partial charge in [-0.1, -0.05) is 135 Å². The van der Waals surface area contributed by atoms with Gasteiger partial charge in [-0.15, -0.1) is 0 Å². The Bertz CT molecular complexity index is 186. The monoisotopic (exact) mass is 353 g/mol. The first kappa shape index (κ1) is 23.4. The molecule has 0 heterocycles. The molecule has 0 amide bonds. The van der Waals surface area contributed by atoms with E-state index in [2.05, 4.69) is 20.4 Å². The minimum Gasteiger partial charge on any atom is -0.0756 e. The van der Waals surface area contributed by atoms with E-state index < -0.39 is 0 Å². The molecule has 23 heavy (non-hydrogen) atoms. The lowest BCUT2D eigenvalue weighted by Gasteiger charge is -2.12. The minimum absolute atomic E-state index is 0.0419. The fourth-order valence-corrected chi connectivity index (χ4v) is 7.98. The van der Waals surface area contributed by atoms with Gasteiger partial charge in [-0.3, -0.25) is 0 Å². The summed E-state index contributed by atoms with van der Waals surface area (Å²) in [6.45, 7) is 7.09. The second-order valence-electron chi connectivity index (χ2n) is 7.30. The Balaban J connectivity index is 3.29. The van der Waals surface area contributed by atoms with Crippen molar-refractivity contribution in [1.29, 1.82) is 0 Å². The van der Waals surface area contributed by atoms with E-state index in [-0.39, 0.29) is 8.31 Å². The fourth-order valence-electron chi connectivity index (χ4n) is 3.32. The Morgan fingerprint density at radius 2 is 0.783 bits per heavy atom. The molecule has 0 bridgehead atoms. The van der Waals surface area contributed by atoms with Gasteiger partial charge in [0.05, 0.1) is 0 Å². The molecule has 2 heteroatoms. The molecule has 0 aliphatic carbocycles. The molecule has 0 atom stereocenters. The van der Waals surface area contributed by atoms with E-state index in [1.807, 2.05) is 0 Å². The van der Waals surface area contributed by atoms with E-state index in [9.17, 15) is 0 Å². The first-order chi connectivity index (χ1) is 11.3. The number of rotatable bonds is 19. The van der Waals surface area contributed by atoms with Gasteiger partial charge in [-0.05, 0) is 0 Å². The van der Waals surface area contributed by atoms with Crippen molar-refractivity contribution in [2.45, 2.75) is 135 Å². The van der Waals surface area contributed by atoms with Crippen molar-refractivity contribution in [1.82, 2.24) is 0 Å². The van der Waals surface area contributed by atoms with Crippen LogP contribution < -0.4 is 0 Å². The zero-order chi connectivity index (χ0) is 17.0. The Morgan fingerprint density at radius 1 is 0.478 bits per heavy atom. The fraction of sp³-hybridized carbons (Fsp3) is 1.00. The third kappa shape index (κ3) is 18.6. The minimum atomic E-state index is 0.0419. The second-order valence-corrected chi connectivity index (χ2v) is 13.6. The molecule has 0 aromatic rings. The summed E-state index contributed by atoms with van der Waals surface area (Å²) in [6.07, 6.45) is 23.7. The van der Waals surface area contributed by atoms with Crippen LogP contribution >= 0.6 is 0 Å². The van der Waals surface area contributed by atoms with Crippen LogP contribution in [0.15, 0.2) is 0 Å². The van der Waals surface area contributed by atoms with E-state index in [4.69, 9.17) is 0 Å². The van der Waals surface area contributed by atoms with Gasteiger partial charge in [0.15, 0.2) is 0 Å². The molecule has 0 aromatic carbocycles. The van der Waals surface area contributed by atoms with Crippen LogP contribution in [0.4, 0.5) is 0 Å². The number of unbranched alkanes of at least 4 members (excludes halogenated alkanes) is 14. The molecular formula is C21H45Si2. The smallest absolute Gasteiger partial charge is 0.0340 e. The molecule has 0 nitrogen and oxygen atoms in total. The Hall–Kier alpha value is 0.434. The Kier molecular flexibility index (Phi) is 20.9. The molecule has 0 fully saturated rings. The molecule has 0 saturated carbocycles. The molecule has 0 aliphatic heterocycles. The van der Waals surface area contributed by atoms with Crippen LogP contribution in [-0.2, 0) is 0 Å². The maximum absolute atomic E-state index is 2.48. The van der Waals surface area contributed by atoms with Crippen LogP contribution in [0.25, 0.3) is 0 Å². The van der Waals surface area contributed by atoms with Crippen molar-refractivity contribution in [2.75, 3.05) is 0 Å². The summed E-state index contributed by atoms with van der Waals surface area (Å²) < 4.78 is 0. The van der Waals surface area contributed by atoms with Gasteiger partial charge in [0.2, 0.25) is 0 Å². The van der Waals surface area contributed by atoms with Gasteiger partial charge >= 0.3 is 0 Å². The van der Waals surface area contributed by atoms with Crippen molar-refractivity contribution in [3.05, 3.63) is 0 Å². The summed E-state index contributed by atoms with van der Waals surface area (Å²) in [5.74, 6) is 0. The lowest BCUT2D eigenvalue weighted by atomic mass is 10.1. The van der Waals surface area contributed by atoms with Crippen molar-refractivity contribution >= 4 is 17.4 Å². The lowest BCUT2D eigenvalue weighted by Crippen LogP contribution is -2.19. The van der Waals surface area contributed by atoms with Crippen LogP contribution in [-0.4, -0.2) is 17.4 Å². The molecule has 0 unspecified atom stereocenters. The van der Waals surface area contributed by atoms with Gasteiger partial charge in [0.25, 0.3) is 0 Å². The maximum Gasteiger partial charge on any atom is 0.0340 e.